The van der Waals surface area contributed by atoms with Gasteiger partial charge in [0.05, 0.1) is 6.61 Å². The standard InChI is InChI=1S/C19H22ClFN2O2/c1-23(2)18(17-15(20)9-6-10-16(17)21)19(24)22-11-13-7-4-5-8-14(13)12-25-3/h4-10,18H,11-12H2,1-3H3,(H,22,24). The Morgan fingerprint density at radius 2 is 1.88 bits per heavy atom. The Hall–Kier alpha value is -1.95. The van der Waals surface area contributed by atoms with Gasteiger partial charge in [-0.05, 0) is 37.4 Å². The van der Waals surface area contributed by atoms with Crippen molar-refractivity contribution in [3.05, 3.63) is 70.0 Å². The maximum absolute atomic E-state index is 14.2. The third-order valence-corrected chi connectivity index (χ3v) is 4.24. The highest BCUT2D eigenvalue weighted by molar-refractivity contribution is 6.31. The molecular formula is C19H22ClFN2O2. The molecule has 2 aromatic rings. The van der Waals surface area contributed by atoms with Crippen molar-refractivity contribution in [1.82, 2.24) is 10.2 Å². The molecule has 25 heavy (non-hydrogen) atoms. The Bertz CT molecular complexity index is 717. The molecule has 0 spiro atoms. The number of methoxy groups -OCH3 is 1. The molecule has 1 amide bonds. The zero-order chi connectivity index (χ0) is 18.4. The quantitative estimate of drug-likeness (QED) is 0.817. The molecule has 0 aromatic heterocycles. The van der Waals surface area contributed by atoms with E-state index in [1.54, 1.807) is 32.2 Å². The number of ether oxygens (including phenoxy) is 1. The van der Waals surface area contributed by atoms with Crippen LogP contribution in [-0.2, 0) is 22.7 Å². The monoisotopic (exact) mass is 364 g/mol. The molecule has 0 fully saturated rings. The first-order valence-corrected chi connectivity index (χ1v) is 8.27. The highest BCUT2D eigenvalue weighted by atomic mass is 35.5. The molecule has 0 heterocycles. The van der Waals surface area contributed by atoms with Crippen LogP contribution < -0.4 is 5.32 Å². The minimum Gasteiger partial charge on any atom is -0.380 e. The van der Waals surface area contributed by atoms with Gasteiger partial charge in [-0.2, -0.15) is 0 Å². The van der Waals surface area contributed by atoms with Gasteiger partial charge in [0.1, 0.15) is 11.9 Å². The number of nitrogens with one attached hydrogen (secondary N) is 1. The summed E-state index contributed by atoms with van der Waals surface area (Å²) >= 11 is 6.13. The second kappa shape index (κ2) is 8.94. The summed E-state index contributed by atoms with van der Waals surface area (Å²) in [6.07, 6.45) is 0. The van der Waals surface area contributed by atoms with Gasteiger partial charge in [0, 0.05) is 24.2 Å². The topological polar surface area (TPSA) is 41.6 Å². The fourth-order valence-corrected chi connectivity index (χ4v) is 2.97. The van der Waals surface area contributed by atoms with Gasteiger partial charge < -0.3 is 10.1 Å². The van der Waals surface area contributed by atoms with Crippen molar-refractivity contribution in [2.24, 2.45) is 0 Å². The van der Waals surface area contributed by atoms with Crippen LogP contribution in [0.1, 0.15) is 22.7 Å². The zero-order valence-electron chi connectivity index (χ0n) is 14.6. The lowest BCUT2D eigenvalue weighted by atomic mass is 10.0. The van der Waals surface area contributed by atoms with Crippen molar-refractivity contribution in [3.8, 4) is 0 Å². The molecule has 1 atom stereocenters. The fraction of sp³-hybridized carbons (Fsp3) is 0.316. The maximum Gasteiger partial charge on any atom is 0.242 e. The van der Waals surface area contributed by atoms with Gasteiger partial charge in [0.25, 0.3) is 0 Å². The van der Waals surface area contributed by atoms with E-state index >= 15 is 0 Å². The molecule has 1 unspecified atom stereocenters. The first-order valence-electron chi connectivity index (χ1n) is 7.89. The fourth-order valence-electron chi connectivity index (χ4n) is 2.70. The van der Waals surface area contributed by atoms with Crippen LogP contribution in [0.2, 0.25) is 5.02 Å². The lowest BCUT2D eigenvalue weighted by Crippen LogP contribution is -2.37. The molecule has 134 valence electrons. The van der Waals surface area contributed by atoms with Crippen LogP contribution in [0, 0.1) is 5.82 Å². The van der Waals surface area contributed by atoms with E-state index < -0.39 is 11.9 Å². The van der Waals surface area contributed by atoms with Crippen molar-refractivity contribution in [1.29, 1.82) is 0 Å². The van der Waals surface area contributed by atoms with Crippen LogP contribution >= 0.6 is 11.6 Å². The minimum absolute atomic E-state index is 0.178. The number of amides is 1. The molecule has 0 bridgehead atoms. The molecule has 0 saturated heterocycles. The second-order valence-electron chi connectivity index (χ2n) is 5.92. The Kier molecular flexibility index (Phi) is 6.93. The van der Waals surface area contributed by atoms with Crippen LogP contribution in [0.25, 0.3) is 0 Å². The number of rotatable bonds is 7. The summed E-state index contributed by atoms with van der Waals surface area (Å²) in [4.78, 5) is 14.4. The van der Waals surface area contributed by atoms with E-state index in [2.05, 4.69) is 5.32 Å². The third-order valence-electron chi connectivity index (χ3n) is 3.91. The summed E-state index contributed by atoms with van der Waals surface area (Å²) < 4.78 is 19.4. The normalized spacial score (nSPS) is 12.2. The predicted molar refractivity (Wildman–Crippen MR) is 96.8 cm³/mol. The Labute approximate surface area is 152 Å². The van der Waals surface area contributed by atoms with Gasteiger partial charge in [0.2, 0.25) is 5.91 Å². The molecule has 0 aliphatic rings. The largest absolute Gasteiger partial charge is 0.380 e. The van der Waals surface area contributed by atoms with Crippen LogP contribution in [0.15, 0.2) is 42.5 Å². The molecule has 6 heteroatoms. The van der Waals surface area contributed by atoms with Gasteiger partial charge in [-0.3, -0.25) is 9.69 Å². The number of benzene rings is 2. The molecule has 1 N–H and O–H groups in total. The van der Waals surface area contributed by atoms with E-state index in [1.807, 2.05) is 24.3 Å². The van der Waals surface area contributed by atoms with Crippen molar-refractivity contribution in [2.75, 3.05) is 21.2 Å². The lowest BCUT2D eigenvalue weighted by molar-refractivity contribution is -0.126. The number of nitrogens with zero attached hydrogens (tertiary/aromatic N) is 1. The van der Waals surface area contributed by atoms with Crippen molar-refractivity contribution in [3.63, 3.8) is 0 Å². The number of likely N-dealkylation sites (N-methyl/N-ethyl adjacent to an activating group) is 1. The molecule has 2 rings (SSSR count). The van der Waals surface area contributed by atoms with Gasteiger partial charge >= 0.3 is 0 Å². The second-order valence-corrected chi connectivity index (χ2v) is 6.33. The van der Waals surface area contributed by atoms with Crippen LogP contribution in [-0.4, -0.2) is 32.0 Å². The summed E-state index contributed by atoms with van der Waals surface area (Å²) in [7, 11) is 5.05. The number of carbonyl (C=O) groups excluding carboxylic acids is 1. The number of halogens is 2. The highest BCUT2D eigenvalue weighted by Crippen LogP contribution is 2.29. The SMILES string of the molecule is COCc1ccccc1CNC(=O)C(c1c(F)cccc1Cl)N(C)C. The van der Waals surface area contributed by atoms with Gasteiger partial charge in [0.15, 0.2) is 0 Å². The Morgan fingerprint density at radius 3 is 2.48 bits per heavy atom. The van der Waals surface area contributed by atoms with E-state index in [9.17, 15) is 9.18 Å². The Morgan fingerprint density at radius 1 is 1.20 bits per heavy atom. The van der Waals surface area contributed by atoms with Crippen LogP contribution in [0.3, 0.4) is 0 Å². The molecule has 0 aliphatic carbocycles. The van der Waals surface area contributed by atoms with Crippen molar-refractivity contribution >= 4 is 17.5 Å². The summed E-state index contributed by atoms with van der Waals surface area (Å²) in [5, 5.41) is 3.10. The lowest BCUT2D eigenvalue weighted by Gasteiger charge is -2.25. The summed E-state index contributed by atoms with van der Waals surface area (Å²) in [5.74, 6) is -0.814. The van der Waals surface area contributed by atoms with Gasteiger partial charge in [-0.15, -0.1) is 0 Å². The number of hydrogen-bond donors (Lipinski definition) is 1. The first-order chi connectivity index (χ1) is 12.0. The maximum atomic E-state index is 14.2. The van der Waals surface area contributed by atoms with E-state index in [0.29, 0.717) is 13.2 Å². The smallest absolute Gasteiger partial charge is 0.242 e. The highest BCUT2D eigenvalue weighted by Gasteiger charge is 2.28. The molecule has 2 aromatic carbocycles. The molecule has 0 radical (unpaired) electrons. The zero-order valence-corrected chi connectivity index (χ0v) is 15.3. The molecule has 0 saturated carbocycles. The Balaban J connectivity index is 2.20. The van der Waals surface area contributed by atoms with Crippen LogP contribution in [0.4, 0.5) is 4.39 Å². The first kappa shape index (κ1) is 19.4. The summed E-state index contributed by atoms with van der Waals surface area (Å²) in [6, 6.07) is 11.3. The molecule has 0 aliphatic heterocycles. The van der Waals surface area contributed by atoms with E-state index in [0.717, 1.165) is 11.1 Å². The third kappa shape index (κ3) is 4.78. The van der Waals surface area contributed by atoms with Crippen molar-refractivity contribution < 1.29 is 13.9 Å². The predicted octanol–water partition coefficient (Wildman–Crippen LogP) is 3.54. The minimum atomic E-state index is -0.816. The average molecular weight is 365 g/mol. The number of hydrogen-bond acceptors (Lipinski definition) is 3. The summed E-state index contributed by atoms with van der Waals surface area (Å²) in [6.45, 7) is 0.789. The molecular weight excluding hydrogens is 343 g/mol. The van der Waals surface area contributed by atoms with Crippen molar-refractivity contribution in [2.45, 2.75) is 19.2 Å². The van der Waals surface area contributed by atoms with E-state index in [1.165, 1.54) is 12.1 Å². The number of carbonyl (C=O) groups is 1. The van der Waals surface area contributed by atoms with E-state index in [-0.39, 0.29) is 16.5 Å². The van der Waals surface area contributed by atoms with Crippen LogP contribution in [0.5, 0.6) is 0 Å². The summed E-state index contributed by atoms with van der Waals surface area (Å²) in [5.41, 5.74) is 2.13. The average Bonchev–Trinajstić information content (AvgIpc) is 2.57. The van der Waals surface area contributed by atoms with Gasteiger partial charge in [-0.1, -0.05) is 41.9 Å². The van der Waals surface area contributed by atoms with Gasteiger partial charge in [-0.25, -0.2) is 4.39 Å². The van der Waals surface area contributed by atoms with E-state index in [4.69, 9.17) is 16.3 Å². The molecule has 4 nitrogen and oxygen atoms in total.